The smallest absolute Gasteiger partial charge is 0.391 e. The van der Waals surface area contributed by atoms with Crippen molar-refractivity contribution in [3.8, 4) is 12.3 Å². The van der Waals surface area contributed by atoms with Crippen LogP contribution in [0, 0.1) is 17.8 Å². The SMILES string of the molecule is C#C[C@]1(COP(=O)(O)OP(=O)(O)OP(=O)(O)O)C[C@@H](n2ccc3c(N)nc(Cl)nc32)C[C@@H]1O. The second-order valence-corrected chi connectivity index (χ2v) is 11.9. The van der Waals surface area contributed by atoms with Gasteiger partial charge in [0.15, 0.2) is 0 Å². The molecule has 19 heteroatoms. The van der Waals surface area contributed by atoms with Crippen LogP contribution in [0.2, 0.25) is 5.28 Å². The molecule has 0 bridgehead atoms. The van der Waals surface area contributed by atoms with Gasteiger partial charge < -0.3 is 35.0 Å². The van der Waals surface area contributed by atoms with E-state index in [-0.39, 0.29) is 23.9 Å². The van der Waals surface area contributed by atoms with Crippen molar-refractivity contribution < 1.29 is 51.5 Å². The largest absolute Gasteiger partial charge is 0.490 e. The van der Waals surface area contributed by atoms with E-state index in [2.05, 4.69) is 29.0 Å². The molecule has 0 amide bonds. The van der Waals surface area contributed by atoms with E-state index in [1.54, 1.807) is 16.8 Å². The minimum Gasteiger partial charge on any atom is -0.391 e. The summed E-state index contributed by atoms with van der Waals surface area (Å²) in [7, 11) is -16.6. The normalized spacial score (nSPS) is 27.2. The third-order valence-corrected chi connectivity index (χ3v) is 8.84. The number of rotatable bonds is 8. The first-order valence-corrected chi connectivity index (χ1v) is 13.7. The Morgan fingerprint density at radius 3 is 2.52 bits per heavy atom. The number of nitrogens with two attached hydrogens (primary N) is 1. The van der Waals surface area contributed by atoms with Gasteiger partial charge in [-0.3, -0.25) is 4.52 Å². The summed E-state index contributed by atoms with van der Waals surface area (Å²) in [6.07, 6.45) is 6.00. The Balaban J connectivity index is 1.78. The minimum absolute atomic E-state index is 0.00570. The molecule has 0 aliphatic heterocycles. The number of hydrogen-bond acceptors (Lipinski definition) is 10. The average Bonchev–Trinajstić information content (AvgIpc) is 3.18. The van der Waals surface area contributed by atoms with Gasteiger partial charge >= 0.3 is 23.5 Å². The topological polar surface area (TPSA) is 237 Å². The molecule has 2 aromatic rings. The van der Waals surface area contributed by atoms with Crippen LogP contribution in [0.1, 0.15) is 18.9 Å². The van der Waals surface area contributed by atoms with Gasteiger partial charge in [0.2, 0.25) is 5.28 Å². The molecule has 0 radical (unpaired) electrons. The third kappa shape index (κ3) is 6.01. The number of halogens is 1. The monoisotopic (exact) mass is 546 g/mol. The lowest BCUT2D eigenvalue weighted by Gasteiger charge is -2.27. The van der Waals surface area contributed by atoms with Crippen molar-refractivity contribution in [3.63, 3.8) is 0 Å². The number of aliphatic hydroxyl groups excluding tert-OH is 1. The molecule has 2 aromatic heterocycles. The van der Waals surface area contributed by atoms with E-state index >= 15 is 0 Å². The molecular weight excluding hydrogens is 529 g/mol. The molecule has 1 aliphatic carbocycles. The van der Waals surface area contributed by atoms with Crippen molar-refractivity contribution in [1.29, 1.82) is 0 Å². The lowest BCUT2D eigenvalue weighted by atomic mass is 9.86. The van der Waals surface area contributed by atoms with E-state index in [0.717, 1.165) is 0 Å². The minimum atomic E-state index is -5.69. The van der Waals surface area contributed by atoms with E-state index in [9.17, 15) is 28.6 Å². The Morgan fingerprint density at radius 2 is 1.91 bits per heavy atom. The summed E-state index contributed by atoms with van der Waals surface area (Å²) < 4.78 is 47.9. The van der Waals surface area contributed by atoms with E-state index in [1.807, 2.05) is 0 Å². The molecule has 2 heterocycles. The number of terminal acetylenes is 1. The molecule has 0 spiro atoms. The van der Waals surface area contributed by atoms with E-state index < -0.39 is 47.6 Å². The quantitative estimate of drug-likeness (QED) is 0.156. The Bertz CT molecular complexity index is 1260. The Labute approximate surface area is 190 Å². The van der Waals surface area contributed by atoms with E-state index in [0.29, 0.717) is 11.0 Å². The summed E-state index contributed by atoms with van der Waals surface area (Å²) in [5.41, 5.74) is 4.65. The zero-order valence-corrected chi connectivity index (χ0v) is 19.8. The van der Waals surface area contributed by atoms with Gasteiger partial charge in [-0.25, -0.2) is 18.7 Å². The first kappa shape index (κ1) is 26.2. The first-order valence-electron chi connectivity index (χ1n) is 8.80. The molecular formula is C14H18ClN4O11P3. The molecule has 0 saturated heterocycles. The van der Waals surface area contributed by atoms with Crippen LogP contribution in [0.25, 0.3) is 11.0 Å². The van der Waals surface area contributed by atoms with Crippen LogP contribution in [0.15, 0.2) is 12.3 Å². The van der Waals surface area contributed by atoms with Gasteiger partial charge in [0, 0.05) is 12.2 Å². The Hall–Kier alpha value is -1.36. The zero-order valence-electron chi connectivity index (χ0n) is 16.3. The molecule has 33 heavy (non-hydrogen) atoms. The summed E-state index contributed by atoms with van der Waals surface area (Å²) in [5, 5.41) is 11.0. The van der Waals surface area contributed by atoms with E-state index in [1.165, 1.54) is 0 Å². The standard InChI is InChI=1S/C14H18ClN4O11P3/c1-2-14(7-28-32(24,25)30-33(26,27)29-31(21,22)23)6-8(5-10(14)20)19-4-3-9-11(16)17-13(15)18-12(9)19/h1,3-4,8,10,20H,5-7H2,(H,24,25)(H,26,27)(H2,16,17,18)(H2,21,22,23)/t8-,10-,14+/m0/s1. The average molecular weight is 547 g/mol. The maximum atomic E-state index is 12.0. The van der Waals surface area contributed by atoms with Crippen molar-refractivity contribution in [2.75, 3.05) is 12.3 Å². The zero-order chi connectivity index (χ0) is 24.8. The lowest BCUT2D eigenvalue weighted by molar-refractivity contribution is 0.0443. The van der Waals surface area contributed by atoms with Crippen LogP contribution in [-0.4, -0.2) is 51.9 Å². The first-order chi connectivity index (χ1) is 15.1. The van der Waals surface area contributed by atoms with Crippen molar-refractivity contribution in [2.24, 2.45) is 5.41 Å². The maximum absolute atomic E-state index is 12.0. The van der Waals surface area contributed by atoms with Gasteiger partial charge in [0.1, 0.15) is 11.5 Å². The van der Waals surface area contributed by atoms with Crippen LogP contribution in [0.5, 0.6) is 0 Å². The van der Waals surface area contributed by atoms with Crippen LogP contribution >= 0.6 is 35.1 Å². The maximum Gasteiger partial charge on any atom is 0.490 e. The van der Waals surface area contributed by atoms with Crippen molar-refractivity contribution in [2.45, 2.75) is 25.0 Å². The second-order valence-electron chi connectivity index (χ2n) is 7.11. The number of fused-ring (bicyclic) bond motifs is 1. The highest BCUT2D eigenvalue weighted by Crippen LogP contribution is 2.66. The van der Waals surface area contributed by atoms with Crippen LogP contribution in [0.4, 0.5) is 5.82 Å². The number of phosphoric ester groups is 1. The fraction of sp³-hybridized carbons (Fsp3) is 0.429. The fourth-order valence-electron chi connectivity index (χ4n) is 3.51. The van der Waals surface area contributed by atoms with E-state index in [4.69, 9.17) is 33.5 Å². The van der Waals surface area contributed by atoms with Crippen molar-refractivity contribution in [3.05, 3.63) is 17.5 Å². The molecule has 7 N–H and O–H groups in total. The van der Waals surface area contributed by atoms with Gasteiger partial charge in [-0.15, -0.1) is 6.42 Å². The van der Waals surface area contributed by atoms with Crippen LogP contribution in [-0.2, 0) is 26.8 Å². The molecule has 2 unspecified atom stereocenters. The highest BCUT2D eigenvalue weighted by molar-refractivity contribution is 7.66. The highest BCUT2D eigenvalue weighted by Gasteiger charge is 2.49. The summed E-state index contributed by atoms with van der Waals surface area (Å²) in [6.45, 7) is -0.818. The molecule has 1 saturated carbocycles. The van der Waals surface area contributed by atoms with Gasteiger partial charge in [-0.05, 0) is 30.5 Å². The highest BCUT2D eigenvalue weighted by atomic mass is 35.5. The molecule has 182 valence electrons. The third-order valence-electron chi connectivity index (χ3n) is 4.89. The van der Waals surface area contributed by atoms with Crippen molar-refractivity contribution in [1.82, 2.24) is 14.5 Å². The predicted molar refractivity (Wildman–Crippen MR) is 112 cm³/mol. The second kappa shape index (κ2) is 9.02. The predicted octanol–water partition coefficient (Wildman–Crippen LogP) is 1.33. The number of phosphoric acid groups is 3. The van der Waals surface area contributed by atoms with Crippen LogP contribution < -0.4 is 5.73 Å². The molecule has 1 fully saturated rings. The number of hydrogen-bond donors (Lipinski definition) is 6. The van der Waals surface area contributed by atoms with Gasteiger partial charge in [-0.1, -0.05) is 5.92 Å². The number of aromatic nitrogens is 3. The molecule has 15 nitrogen and oxygen atoms in total. The van der Waals surface area contributed by atoms with Gasteiger partial charge in [0.25, 0.3) is 0 Å². The molecule has 1 aliphatic rings. The Morgan fingerprint density at radius 1 is 1.24 bits per heavy atom. The van der Waals surface area contributed by atoms with Crippen molar-refractivity contribution >= 4 is 51.9 Å². The summed E-state index contributed by atoms with van der Waals surface area (Å²) in [4.78, 5) is 44.1. The van der Waals surface area contributed by atoms with Crippen LogP contribution in [0.3, 0.4) is 0 Å². The number of aliphatic hydroxyl groups is 1. The lowest BCUT2D eigenvalue weighted by Crippen LogP contribution is -2.33. The number of anilines is 1. The summed E-state index contributed by atoms with van der Waals surface area (Å²) in [5.74, 6) is 2.45. The molecule has 3 rings (SSSR count). The summed E-state index contributed by atoms with van der Waals surface area (Å²) >= 11 is 5.87. The fourth-order valence-corrected chi connectivity index (χ4v) is 6.77. The number of nitrogen functional groups attached to an aromatic ring is 1. The number of nitrogens with zero attached hydrogens (tertiary/aromatic N) is 3. The summed E-state index contributed by atoms with van der Waals surface area (Å²) in [6, 6.07) is 1.15. The molecule has 0 aromatic carbocycles. The Kier molecular flexibility index (Phi) is 7.17. The van der Waals surface area contributed by atoms with Gasteiger partial charge in [-0.2, -0.15) is 13.6 Å². The molecule has 5 atom stereocenters. The van der Waals surface area contributed by atoms with Gasteiger partial charge in [0.05, 0.1) is 23.5 Å².